The largest absolute Gasteiger partial charge is 0.350 e. The number of amides is 2. The molecule has 0 atom stereocenters. The van der Waals surface area contributed by atoms with Crippen molar-refractivity contribution in [3.8, 4) is 0 Å². The molecule has 1 aliphatic carbocycles. The van der Waals surface area contributed by atoms with Crippen LogP contribution in [0.5, 0.6) is 0 Å². The van der Waals surface area contributed by atoms with Gasteiger partial charge < -0.3 is 5.73 Å². The number of primary amides is 1. The number of nitrogens with zero attached hydrogens (tertiary/aromatic N) is 1. The number of halogens is 1. The van der Waals surface area contributed by atoms with E-state index in [-0.39, 0.29) is 11.5 Å². The van der Waals surface area contributed by atoms with Gasteiger partial charge in [0.15, 0.2) is 0 Å². The lowest BCUT2D eigenvalue weighted by molar-refractivity contribution is 0.106. The minimum Gasteiger partial charge on any atom is -0.350 e. The lowest BCUT2D eigenvalue weighted by Crippen LogP contribution is -2.28. The summed E-state index contributed by atoms with van der Waals surface area (Å²) in [5.74, 6) is -0.252. The number of urea groups is 1. The van der Waals surface area contributed by atoms with Crippen molar-refractivity contribution in [1.29, 1.82) is 0 Å². The second-order valence-electron chi connectivity index (χ2n) is 3.37. The van der Waals surface area contributed by atoms with E-state index in [0.717, 1.165) is 10.0 Å². The van der Waals surface area contributed by atoms with Crippen LogP contribution in [0.2, 0.25) is 0 Å². The van der Waals surface area contributed by atoms with Crippen molar-refractivity contribution in [2.24, 2.45) is 10.8 Å². The maximum absolute atomic E-state index is 12.0. The Morgan fingerprint density at radius 1 is 1.35 bits per heavy atom. The molecule has 0 aliphatic heterocycles. The number of nitrogens with one attached hydrogen (secondary N) is 1. The number of hydrazone groups is 1. The van der Waals surface area contributed by atoms with Crippen molar-refractivity contribution in [2.45, 2.75) is 0 Å². The molecule has 0 aromatic heterocycles. The molecule has 3 N–H and O–H groups in total. The van der Waals surface area contributed by atoms with Crippen LogP contribution in [0.3, 0.4) is 0 Å². The van der Waals surface area contributed by atoms with Crippen LogP contribution in [-0.2, 0) is 0 Å². The average Bonchev–Trinajstić information content (AvgIpc) is 2.29. The summed E-state index contributed by atoms with van der Waals surface area (Å²) in [5, 5.41) is 3.63. The molecule has 2 amide bonds. The first-order chi connectivity index (χ1) is 8.08. The fourth-order valence-electron chi connectivity index (χ4n) is 1.46. The van der Waals surface area contributed by atoms with E-state index in [0.29, 0.717) is 5.56 Å². The Balaban J connectivity index is 2.38. The van der Waals surface area contributed by atoms with E-state index < -0.39 is 6.03 Å². The van der Waals surface area contributed by atoms with E-state index in [1.165, 1.54) is 6.08 Å². The van der Waals surface area contributed by atoms with Crippen LogP contribution < -0.4 is 11.2 Å². The number of carbonyl (C=O) groups is 2. The molecule has 0 saturated carbocycles. The zero-order valence-corrected chi connectivity index (χ0v) is 10.2. The van der Waals surface area contributed by atoms with Gasteiger partial charge in [-0.05, 0) is 23.8 Å². The molecule has 1 aromatic carbocycles. The highest BCUT2D eigenvalue weighted by Crippen LogP contribution is 2.22. The highest BCUT2D eigenvalue weighted by atomic mass is 79.9. The highest BCUT2D eigenvalue weighted by molar-refractivity contribution is 9.10. The molecular weight excluding hydrogens is 286 g/mol. The van der Waals surface area contributed by atoms with Crippen LogP contribution in [0.15, 0.2) is 33.8 Å². The first-order valence-electron chi connectivity index (χ1n) is 4.73. The minimum absolute atomic E-state index is 0.148. The van der Waals surface area contributed by atoms with Crippen LogP contribution in [0.25, 0.3) is 6.08 Å². The monoisotopic (exact) mass is 293 g/mol. The number of hydrogen-bond acceptors (Lipinski definition) is 3. The lowest BCUT2D eigenvalue weighted by atomic mass is 9.95. The van der Waals surface area contributed by atoms with Crippen LogP contribution >= 0.6 is 15.9 Å². The number of fused-ring (bicyclic) bond motifs is 1. The van der Waals surface area contributed by atoms with Gasteiger partial charge in [0.2, 0.25) is 5.78 Å². The molecule has 1 aliphatic rings. The average molecular weight is 294 g/mol. The summed E-state index contributed by atoms with van der Waals surface area (Å²) in [5.41, 5.74) is 8.41. The standard InChI is InChI=1S/C11H8BrN3O2/c12-7-3-1-6-2-4-9(14-15-11(13)17)10(16)8(6)5-7/h1-5H,(H3,13,15,17). The molecular formula is C11H8BrN3O2. The van der Waals surface area contributed by atoms with Gasteiger partial charge in [0, 0.05) is 10.0 Å². The van der Waals surface area contributed by atoms with Gasteiger partial charge in [0.1, 0.15) is 5.71 Å². The van der Waals surface area contributed by atoms with Crippen LogP contribution in [0, 0.1) is 0 Å². The van der Waals surface area contributed by atoms with Gasteiger partial charge in [-0.2, -0.15) is 5.10 Å². The molecule has 2 rings (SSSR count). The predicted molar refractivity (Wildman–Crippen MR) is 67.7 cm³/mol. The highest BCUT2D eigenvalue weighted by Gasteiger charge is 2.19. The summed E-state index contributed by atoms with van der Waals surface area (Å²) in [6, 6.07) is 4.58. The number of hydrogen-bond donors (Lipinski definition) is 2. The molecule has 1 aromatic rings. The zero-order valence-electron chi connectivity index (χ0n) is 8.61. The summed E-state index contributed by atoms with van der Waals surface area (Å²) in [6.07, 6.45) is 3.29. The van der Waals surface area contributed by atoms with Crippen molar-refractivity contribution >= 4 is 39.5 Å². The Hall–Kier alpha value is -1.95. The van der Waals surface area contributed by atoms with Gasteiger partial charge in [-0.15, -0.1) is 0 Å². The van der Waals surface area contributed by atoms with Crippen molar-refractivity contribution in [3.05, 3.63) is 39.9 Å². The van der Waals surface area contributed by atoms with Crippen LogP contribution in [-0.4, -0.2) is 17.5 Å². The van der Waals surface area contributed by atoms with E-state index in [9.17, 15) is 9.59 Å². The Morgan fingerprint density at radius 3 is 2.82 bits per heavy atom. The van der Waals surface area contributed by atoms with Crippen molar-refractivity contribution in [2.75, 3.05) is 0 Å². The van der Waals surface area contributed by atoms with Crippen LogP contribution in [0.4, 0.5) is 4.79 Å². The first-order valence-corrected chi connectivity index (χ1v) is 5.52. The third kappa shape index (κ3) is 2.42. The fourth-order valence-corrected chi connectivity index (χ4v) is 1.82. The van der Waals surface area contributed by atoms with E-state index in [2.05, 4.69) is 21.0 Å². The summed E-state index contributed by atoms with van der Waals surface area (Å²) in [7, 11) is 0. The lowest BCUT2D eigenvalue weighted by Gasteiger charge is -2.10. The number of benzene rings is 1. The van der Waals surface area contributed by atoms with Crippen molar-refractivity contribution < 1.29 is 9.59 Å². The molecule has 0 fully saturated rings. The summed E-state index contributed by atoms with van der Waals surface area (Å²) in [6.45, 7) is 0. The Labute approximate surface area is 106 Å². The number of nitrogens with two attached hydrogens (primary N) is 1. The van der Waals surface area contributed by atoms with E-state index >= 15 is 0 Å². The second kappa shape index (κ2) is 4.50. The van der Waals surface area contributed by atoms with Crippen LogP contribution in [0.1, 0.15) is 15.9 Å². The minimum atomic E-state index is -0.807. The van der Waals surface area contributed by atoms with Gasteiger partial charge in [-0.25, -0.2) is 10.2 Å². The summed E-state index contributed by atoms with van der Waals surface area (Å²) >= 11 is 3.29. The Bertz CT molecular complexity index is 564. The molecule has 0 radical (unpaired) electrons. The Morgan fingerprint density at radius 2 is 2.12 bits per heavy atom. The van der Waals surface area contributed by atoms with Gasteiger partial charge in [0.25, 0.3) is 0 Å². The maximum Gasteiger partial charge on any atom is 0.332 e. The molecule has 86 valence electrons. The van der Waals surface area contributed by atoms with Gasteiger partial charge in [0.05, 0.1) is 0 Å². The quantitative estimate of drug-likeness (QED) is 0.772. The van der Waals surface area contributed by atoms with Gasteiger partial charge in [-0.3, -0.25) is 4.79 Å². The molecule has 0 spiro atoms. The molecule has 6 heteroatoms. The Kier molecular flexibility index (Phi) is 3.06. The fraction of sp³-hybridized carbons (Fsp3) is 0. The molecule has 17 heavy (non-hydrogen) atoms. The third-order valence-corrected chi connectivity index (χ3v) is 2.69. The SMILES string of the molecule is NC(=O)NN=C1C=Cc2ccc(Br)cc2C1=O. The number of carbonyl (C=O) groups excluding carboxylic acids is 2. The normalized spacial score (nSPS) is 15.8. The predicted octanol–water partition coefficient (Wildman–Crippen LogP) is 1.68. The van der Waals surface area contributed by atoms with E-state index in [4.69, 9.17) is 5.73 Å². The van der Waals surface area contributed by atoms with Gasteiger partial charge in [-0.1, -0.05) is 28.1 Å². The number of ketones is 1. The number of allylic oxidation sites excluding steroid dienone is 1. The van der Waals surface area contributed by atoms with E-state index in [1.54, 1.807) is 12.1 Å². The molecule has 0 heterocycles. The van der Waals surface area contributed by atoms with Gasteiger partial charge >= 0.3 is 6.03 Å². The molecule has 0 unspecified atom stereocenters. The molecule has 0 bridgehead atoms. The van der Waals surface area contributed by atoms with Crippen molar-refractivity contribution in [3.63, 3.8) is 0 Å². The topological polar surface area (TPSA) is 84.6 Å². The summed E-state index contributed by atoms with van der Waals surface area (Å²) in [4.78, 5) is 22.5. The number of rotatable bonds is 1. The molecule has 0 saturated heterocycles. The number of Topliss-reactive ketones (excluding diaryl/α,β-unsaturated/α-hetero) is 1. The maximum atomic E-state index is 12.0. The smallest absolute Gasteiger partial charge is 0.332 e. The summed E-state index contributed by atoms with van der Waals surface area (Å²) < 4.78 is 0.808. The zero-order chi connectivity index (χ0) is 12.4. The second-order valence-corrected chi connectivity index (χ2v) is 4.28. The van der Waals surface area contributed by atoms with Crippen molar-refractivity contribution in [1.82, 2.24) is 5.43 Å². The third-order valence-electron chi connectivity index (χ3n) is 2.20. The van der Waals surface area contributed by atoms with E-state index in [1.807, 2.05) is 17.6 Å². The molecule has 5 nitrogen and oxygen atoms in total. The first kappa shape index (κ1) is 11.5.